The Balaban J connectivity index is 2.07. The van der Waals surface area contributed by atoms with Crippen LogP contribution in [0.1, 0.15) is 18.9 Å². The third-order valence-electron chi connectivity index (χ3n) is 3.30. The van der Waals surface area contributed by atoms with Crippen molar-refractivity contribution < 1.29 is 4.79 Å². The van der Waals surface area contributed by atoms with Crippen molar-refractivity contribution in [1.29, 1.82) is 0 Å². The second kappa shape index (κ2) is 4.68. The van der Waals surface area contributed by atoms with E-state index in [9.17, 15) is 4.79 Å². The quantitative estimate of drug-likeness (QED) is 0.923. The van der Waals surface area contributed by atoms with E-state index < -0.39 is 0 Å². The van der Waals surface area contributed by atoms with Crippen LogP contribution >= 0.6 is 15.9 Å². The molecule has 16 heavy (non-hydrogen) atoms. The number of Topliss-reactive ketones (excluding diaryl/α,β-unsaturated/α-hetero) is 1. The highest BCUT2D eigenvalue weighted by atomic mass is 79.9. The van der Waals surface area contributed by atoms with Crippen LogP contribution in [-0.4, -0.2) is 18.9 Å². The second-order valence-electron chi connectivity index (χ2n) is 4.72. The highest BCUT2D eigenvalue weighted by Crippen LogP contribution is 2.27. The Labute approximate surface area is 105 Å². The van der Waals surface area contributed by atoms with Crippen LogP contribution in [0.15, 0.2) is 28.7 Å². The lowest BCUT2D eigenvalue weighted by atomic mass is 9.82. The molecule has 0 aliphatic carbocycles. The van der Waals surface area contributed by atoms with Crippen LogP contribution in [-0.2, 0) is 11.2 Å². The summed E-state index contributed by atoms with van der Waals surface area (Å²) >= 11 is 3.43. The van der Waals surface area contributed by atoms with Crippen molar-refractivity contribution in [2.75, 3.05) is 13.1 Å². The summed E-state index contributed by atoms with van der Waals surface area (Å²) in [6, 6.07) is 7.98. The molecule has 1 aromatic rings. The second-order valence-corrected chi connectivity index (χ2v) is 5.63. The summed E-state index contributed by atoms with van der Waals surface area (Å²) in [6.07, 6.45) is 1.50. The molecule has 1 unspecified atom stereocenters. The zero-order valence-corrected chi connectivity index (χ0v) is 11.0. The summed E-state index contributed by atoms with van der Waals surface area (Å²) in [7, 11) is 0. The Bertz CT molecular complexity index is 397. The zero-order valence-electron chi connectivity index (χ0n) is 9.42. The smallest absolute Gasteiger partial charge is 0.144 e. The molecule has 2 nitrogen and oxygen atoms in total. The number of ketones is 1. The first kappa shape index (κ1) is 11.8. The molecule has 3 heteroatoms. The number of benzene rings is 1. The molecule has 0 bridgehead atoms. The van der Waals surface area contributed by atoms with E-state index in [4.69, 9.17) is 0 Å². The molecule has 2 rings (SSSR count). The molecule has 1 atom stereocenters. The van der Waals surface area contributed by atoms with E-state index in [-0.39, 0.29) is 5.41 Å². The largest absolute Gasteiger partial charge is 0.316 e. The fourth-order valence-electron chi connectivity index (χ4n) is 2.10. The minimum atomic E-state index is -0.164. The molecule has 1 fully saturated rings. The molecule has 1 aromatic carbocycles. The minimum absolute atomic E-state index is 0.164. The van der Waals surface area contributed by atoms with Crippen LogP contribution in [0.5, 0.6) is 0 Å². The third kappa shape index (κ3) is 2.53. The topological polar surface area (TPSA) is 29.1 Å². The molecule has 1 aliphatic heterocycles. The van der Waals surface area contributed by atoms with Gasteiger partial charge in [-0.2, -0.15) is 0 Å². The van der Waals surface area contributed by atoms with E-state index in [0.29, 0.717) is 12.2 Å². The lowest BCUT2D eigenvalue weighted by molar-refractivity contribution is -0.126. The summed E-state index contributed by atoms with van der Waals surface area (Å²) in [4.78, 5) is 12.2. The van der Waals surface area contributed by atoms with Crippen molar-refractivity contribution in [2.24, 2.45) is 5.41 Å². The van der Waals surface area contributed by atoms with E-state index in [1.165, 1.54) is 0 Å². The van der Waals surface area contributed by atoms with Crippen molar-refractivity contribution in [1.82, 2.24) is 5.32 Å². The fourth-order valence-corrected chi connectivity index (χ4v) is 2.55. The Kier molecular flexibility index (Phi) is 3.45. The number of carbonyl (C=O) groups is 1. The van der Waals surface area contributed by atoms with Crippen molar-refractivity contribution >= 4 is 21.7 Å². The third-order valence-corrected chi connectivity index (χ3v) is 3.79. The Morgan fingerprint density at radius 3 is 3.00 bits per heavy atom. The normalized spacial score (nSPS) is 24.6. The molecule has 0 amide bonds. The summed E-state index contributed by atoms with van der Waals surface area (Å²) in [5.74, 6) is 0.343. The van der Waals surface area contributed by atoms with Crippen molar-refractivity contribution in [3.05, 3.63) is 34.3 Å². The summed E-state index contributed by atoms with van der Waals surface area (Å²) < 4.78 is 1.03. The Morgan fingerprint density at radius 1 is 1.56 bits per heavy atom. The first-order valence-electron chi connectivity index (χ1n) is 5.59. The van der Waals surface area contributed by atoms with Gasteiger partial charge < -0.3 is 5.32 Å². The fraction of sp³-hybridized carbons (Fsp3) is 0.462. The zero-order chi connectivity index (χ0) is 11.6. The van der Waals surface area contributed by atoms with E-state index in [2.05, 4.69) is 28.2 Å². The lowest BCUT2D eigenvalue weighted by Gasteiger charge is -2.20. The first-order valence-corrected chi connectivity index (χ1v) is 6.38. The number of rotatable bonds is 3. The average Bonchev–Trinajstić information content (AvgIpc) is 2.66. The van der Waals surface area contributed by atoms with E-state index in [1.807, 2.05) is 24.3 Å². The summed E-state index contributed by atoms with van der Waals surface area (Å²) in [5.41, 5.74) is 0.926. The summed E-state index contributed by atoms with van der Waals surface area (Å²) in [6.45, 7) is 3.84. The molecule has 0 radical (unpaired) electrons. The van der Waals surface area contributed by atoms with Crippen LogP contribution in [0.25, 0.3) is 0 Å². The van der Waals surface area contributed by atoms with Crippen LogP contribution < -0.4 is 5.32 Å². The van der Waals surface area contributed by atoms with Gasteiger partial charge in [-0.15, -0.1) is 0 Å². The van der Waals surface area contributed by atoms with Gasteiger partial charge in [-0.05, 0) is 30.7 Å². The van der Waals surface area contributed by atoms with Gasteiger partial charge in [-0.25, -0.2) is 0 Å². The van der Waals surface area contributed by atoms with Gasteiger partial charge in [0.1, 0.15) is 5.78 Å². The molecule has 1 saturated heterocycles. The van der Waals surface area contributed by atoms with Gasteiger partial charge in [-0.1, -0.05) is 35.0 Å². The number of halogens is 1. The van der Waals surface area contributed by atoms with E-state index in [1.54, 1.807) is 0 Å². The predicted molar refractivity (Wildman–Crippen MR) is 68.4 cm³/mol. The van der Waals surface area contributed by atoms with Crippen LogP contribution in [0, 0.1) is 5.41 Å². The SMILES string of the molecule is CC1(C(=O)Cc2cccc(Br)c2)CCNC1. The monoisotopic (exact) mass is 281 g/mol. The molecule has 0 aromatic heterocycles. The molecule has 0 saturated carbocycles. The molecule has 1 N–H and O–H groups in total. The molecular formula is C13H16BrNO. The van der Waals surface area contributed by atoms with Crippen molar-refractivity contribution in [2.45, 2.75) is 19.8 Å². The van der Waals surface area contributed by atoms with E-state index in [0.717, 1.165) is 29.5 Å². The molecule has 86 valence electrons. The number of carbonyl (C=O) groups excluding carboxylic acids is 1. The van der Waals surface area contributed by atoms with Gasteiger partial charge in [0.2, 0.25) is 0 Å². The summed E-state index contributed by atoms with van der Waals surface area (Å²) in [5, 5.41) is 3.26. The maximum atomic E-state index is 12.2. The van der Waals surface area contributed by atoms with Crippen LogP contribution in [0.2, 0.25) is 0 Å². The first-order chi connectivity index (χ1) is 7.60. The molecule has 0 spiro atoms. The Hall–Kier alpha value is -0.670. The van der Waals surface area contributed by atoms with Crippen molar-refractivity contribution in [3.63, 3.8) is 0 Å². The Morgan fingerprint density at radius 2 is 2.38 bits per heavy atom. The molecule has 1 aliphatic rings. The van der Waals surface area contributed by atoms with Gasteiger partial charge in [-0.3, -0.25) is 4.79 Å². The van der Waals surface area contributed by atoms with E-state index >= 15 is 0 Å². The standard InChI is InChI=1S/C13H16BrNO/c1-13(5-6-15-9-13)12(16)8-10-3-2-4-11(14)7-10/h2-4,7,15H,5-6,8-9H2,1H3. The maximum absolute atomic E-state index is 12.2. The van der Waals surface area contributed by atoms with Gasteiger partial charge in [0.25, 0.3) is 0 Å². The maximum Gasteiger partial charge on any atom is 0.144 e. The molecule has 1 heterocycles. The highest BCUT2D eigenvalue weighted by Gasteiger charge is 2.35. The lowest BCUT2D eigenvalue weighted by Crippen LogP contribution is -2.31. The van der Waals surface area contributed by atoms with Gasteiger partial charge in [0.05, 0.1) is 0 Å². The van der Waals surface area contributed by atoms with Crippen LogP contribution in [0.3, 0.4) is 0 Å². The number of hydrogen-bond donors (Lipinski definition) is 1. The van der Waals surface area contributed by atoms with Crippen LogP contribution in [0.4, 0.5) is 0 Å². The van der Waals surface area contributed by atoms with Crippen molar-refractivity contribution in [3.8, 4) is 0 Å². The van der Waals surface area contributed by atoms with Gasteiger partial charge >= 0.3 is 0 Å². The van der Waals surface area contributed by atoms with Gasteiger partial charge in [0, 0.05) is 22.9 Å². The highest BCUT2D eigenvalue weighted by molar-refractivity contribution is 9.10. The number of hydrogen-bond acceptors (Lipinski definition) is 2. The molecular weight excluding hydrogens is 266 g/mol. The average molecular weight is 282 g/mol. The predicted octanol–water partition coefficient (Wildman–Crippen LogP) is 2.56. The van der Waals surface area contributed by atoms with Gasteiger partial charge in [0.15, 0.2) is 0 Å². The minimum Gasteiger partial charge on any atom is -0.316 e. The number of nitrogens with one attached hydrogen (secondary N) is 1.